The van der Waals surface area contributed by atoms with Crippen molar-refractivity contribution in [3.05, 3.63) is 59.7 Å². The van der Waals surface area contributed by atoms with Gasteiger partial charge in [0.15, 0.2) is 0 Å². The second-order valence-corrected chi connectivity index (χ2v) is 7.14. The van der Waals surface area contributed by atoms with Gasteiger partial charge < -0.3 is 5.11 Å². The lowest BCUT2D eigenvalue weighted by Gasteiger charge is -2.08. The van der Waals surface area contributed by atoms with E-state index in [0.717, 1.165) is 10.5 Å². The predicted molar refractivity (Wildman–Crippen MR) is 100 cm³/mol. The molecule has 0 amide bonds. The Bertz CT molecular complexity index is 562. The molecule has 0 unspecified atom stereocenters. The lowest BCUT2D eigenvalue weighted by atomic mass is 10.1. The molecule has 1 N–H and O–H groups in total. The van der Waals surface area contributed by atoms with Crippen LogP contribution in [0.4, 0.5) is 0 Å². The molecule has 0 atom stereocenters. The third kappa shape index (κ3) is 6.40. The monoisotopic (exact) mass is 328 g/mol. The Hall–Kier alpha value is -1.25. The first-order valence-electron chi connectivity index (χ1n) is 8.79. The Labute approximate surface area is 145 Å². The summed E-state index contributed by atoms with van der Waals surface area (Å²) in [4.78, 5) is 2.37. The molecule has 0 bridgehead atoms. The smallest absolute Gasteiger partial charge is 0.0692 e. The van der Waals surface area contributed by atoms with E-state index in [1.54, 1.807) is 11.8 Å². The maximum atomic E-state index is 9.40. The van der Waals surface area contributed by atoms with Gasteiger partial charge in [0.25, 0.3) is 0 Å². The van der Waals surface area contributed by atoms with Crippen LogP contribution >= 0.6 is 11.8 Å². The summed E-state index contributed by atoms with van der Waals surface area (Å²) in [5.74, 6) is 0. The van der Waals surface area contributed by atoms with Gasteiger partial charge in [-0.1, -0.05) is 81.1 Å². The average Bonchev–Trinajstić information content (AvgIpc) is 2.60. The Morgan fingerprint density at radius 3 is 2.26 bits per heavy atom. The summed E-state index contributed by atoms with van der Waals surface area (Å²) in [6.07, 6.45) is 9.28. The van der Waals surface area contributed by atoms with Crippen LogP contribution in [0.2, 0.25) is 0 Å². The van der Waals surface area contributed by atoms with Crippen LogP contribution in [0.5, 0.6) is 0 Å². The standard InChI is InChI=1S/C21H28OS/c1-2-3-4-5-6-7-10-18-13-15-20(16-14-18)23-21-12-9-8-11-19(21)17-22/h8-9,11-16,22H,2-7,10,17H2,1H3. The molecule has 0 saturated carbocycles. The van der Waals surface area contributed by atoms with Crippen molar-refractivity contribution in [3.63, 3.8) is 0 Å². The molecule has 23 heavy (non-hydrogen) atoms. The molecule has 0 aliphatic heterocycles. The number of aliphatic hydroxyl groups is 1. The Balaban J connectivity index is 1.80. The van der Waals surface area contributed by atoms with E-state index in [1.165, 1.54) is 55.4 Å². The van der Waals surface area contributed by atoms with Crippen LogP contribution in [0.15, 0.2) is 58.3 Å². The summed E-state index contributed by atoms with van der Waals surface area (Å²) in [6, 6.07) is 16.9. The van der Waals surface area contributed by atoms with Crippen LogP contribution < -0.4 is 0 Å². The fraction of sp³-hybridized carbons (Fsp3) is 0.429. The van der Waals surface area contributed by atoms with Crippen molar-refractivity contribution in [2.75, 3.05) is 0 Å². The molecular formula is C21H28OS. The van der Waals surface area contributed by atoms with E-state index >= 15 is 0 Å². The van der Waals surface area contributed by atoms with Crippen molar-refractivity contribution >= 4 is 11.8 Å². The molecule has 2 rings (SSSR count). The maximum Gasteiger partial charge on any atom is 0.0692 e. The van der Waals surface area contributed by atoms with Gasteiger partial charge in [0.05, 0.1) is 6.61 Å². The van der Waals surface area contributed by atoms with Gasteiger partial charge in [-0.2, -0.15) is 0 Å². The summed E-state index contributed by atoms with van der Waals surface area (Å²) < 4.78 is 0. The molecule has 0 saturated heterocycles. The highest BCUT2D eigenvalue weighted by molar-refractivity contribution is 7.99. The quantitative estimate of drug-likeness (QED) is 0.521. The van der Waals surface area contributed by atoms with Gasteiger partial charge in [0.1, 0.15) is 0 Å². The van der Waals surface area contributed by atoms with Crippen molar-refractivity contribution in [2.45, 2.75) is 68.3 Å². The lowest BCUT2D eigenvalue weighted by molar-refractivity contribution is 0.279. The number of rotatable bonds is 10. The zero-order chi connectivity index (χ0) is 16.3. The molecule has 2 aromatic rings. The molecule has 0 aromatic heterocycles. The minimum atomic E-state index is 0.0965. The third-order valence-electron chi connectivity index (χ3n) is 4.11. The molecule has 2 aromatic carbocycles. The van der Waals surface area contributed by atoms with Crippen LogP contribution in [-0.2, 0) is 13.0 Å². The summed E-state index contributed by atoms with van der Waals surface area (Å²) in [5, 5.41) is 9.40. The van der Waals surface area contributed by atoms with E-state index < -0.39 is 0 Å². The largest absolute Gasteiger partial charge is 0.392 e. The normalized spacial score (nSPS) is 10.9. The van der Waals surface area contributed by atoms with Crippen LogP contribution in [0.25, 0.3) is 0 Å². The highest BCUT2D eigenvalue weighted by Gasteiger charge is 2.03. The first-order chi connectivity index (χ1) is 11.3. The highest BCUT2D eigenvalue weighted by Crippen LogP contribution is 2.30. The van der Waals surface area contributed by atoms with Crippen molar-refractivity contribution in [2.24, 2.45) is 0 Å². The van der Waals surface area contributed by atoms with Crippen molar-refractivity contribution < 1.29 is 5.11 Å². The van der Waals surface area contributed by atoms with E-state index in [9.17, 15) is 5.11 Å². The highest BCUT2D eigenvalue weighted by atomic mass is 32.2. The average molecular weight is 329 g/mol. The maximum absolute atomic E-state index is 9.40. The van der Waals surface area contributed by atoms with Gasteiger partial charge in [-0.05, 0) is 42.2 Å². The van der Waals surface area contributed by atoms with Crippen LogP contribution in [-0.4, -0.2) is 5.11 Å². The van der Waals surface area contributed by atoms with E-state index in [4.69, 9.17) is 0 Å². The minimum Gasteiger partial charge on any atom is -0.392 e. The van der Waals surface area contributed by atoms with Crippen molar-refractivity contribution in [3.8, 4) is 0 Å². The van der Waals surface area contributed by atoms with E-state index in [2.05, 4.69) is 37.3 Å². The Kier molecular flexibility index (Phi) is 8.27. The number of benzene rings is 2. The zero-order valence-corrected chi connectivity index (χ0v) is 14.9. The number of aliphatic hydroxyl groups excluding tert-OH is 1. The summed E-state index contributed by atoms with van der Waals surface area (Å²) >= 11 is 1.72. The van der Waals surface area contributed by atoms with E-state index in [1.807, 2.05) is 18.2 Å². The van der Waals surface area contributed by atoms with Crippen LogP contribution in [0.3, 0.4) is 0 Å². The Morgan fingerprint density at radius 2 is 1.52 bits per heavy atom. The second-order valence-electron chi connectivity index (χ2n) is 6.03. The molecule has 0 heterocycles. The molecule has 0 aliphatic carbocycles. The number of unbranched alkanes of at least 4 members (excludes halogenated alkanes) is 5. The number of hydrogen-bond donors (Lipinski definition) is 1. The third-order valence-corrected chi connectivity index (χ3v) is 5.24. The topological polar surface area (TPSA) is 20.2 Å². The second kappa shape index (κ2) is 10.5. The van der Waals surface area contributed by atoms with Crippen molar-refractivity contribution in [1.82, 2.24) is 0 Å². The number of hydrogen-bond acceptors (Lipinski definition) is 2. The van der Waals surface area contributed by atoms with Crippen molar-refractivity contribution in [1.29, 1.82) is 0 Å². The first-order valence-corrected chi connectivity index (χ1v) is 9.60. The molecule has 2 heteroatoms. The summed E-state index contributed by atoms with van der Waals surface area (Å²) in [7, 11) is 0. The predicted octanol–water partition coefficient (Wildman–Crippen LogP) is 6.23. The SMILES string of the molecule is CCCCCCCCc1ccc(Sc2ccccc2CO)cc1. The minimum absolute atomic E-state index is 0.0965. The molecular weight excluding hydrogens is 300 g/mol. The fourth-order valence-corrected chi connectivity index (χ4v) is 3.63. The summed E-state index contributed by atoms with van der Waals surface area (Å²) in [6.45, 7) is 2.36. The van der Waals surface area contributed by atoms with E-state index in [0.29, 0.717) is 0 Å². The summed E-state index contributed by atoms with van der Waals surface area (Å²) in [5.41, 5.74) is 2.42. The van der Waals surface area contributed by atoms with Gasteiger partial charge in [-0.15, -0.1) is 0 Å². The zero-order valence-electron chi connectivity index (χ0n) is 14.1. The molecule has 1 nitrogen and oxygen atoms in total. The van der Waals surface area contributed by atoms with Crippen LogP contribution in [0, 0.1) is 0 Å². The van der Waals surface area contributed by atoms with Gasteiger partial charge in [0, 0.05) is 9.79 Å². The van der Waals surface area contributed by atoms with Gasteiger partial charge in [0.2, 0.25) is 0 Å². The Morgan fingerprint density at radius 1 is 0.826 bits per heavy atom. The fourth-order valence-electron chi connectivity index (χ4n) is 2.69. The first kappa shape index (κ1) is 18.1. The molecule has 0 aliphatic rings. The van der Waals surface area contributed by atoms with Gasteiger partial charge in [-0.25, -0.2) is 0 Å². The lowest BCUT2D eigenvalue weighted by Crippen LogP contribution is -1.88. The van der Waals surface area contributed by atoms with Gasteiger partial charge >= 0.3 is 0 Å². The molecule has 124 valence electrons. The van der Waals surface area contributed by atoms with E-state index in [-0.39, 0.29) is 6.61 Å². The molecule has 0 fully saturated rings. The van der Waals surface area contributed by atoms with Gasteiger partial charge in [-0.3, -0.25) is 0 Å². The molecule has 0 radical (unpaired) electrons. The van der Waals surface area contributed by atoms with Crippen LogP contribution in [0.1, 0.15) is 56.6 Å². The molecule has 0 spiro atoms. The number of aryl methyl sites for hydroxylation is 1.